The molecule has 2 N–H and O–H groups in total. The van der Waals surface area contributed by atoms with E-state index in [1.54, 1.807) is 11.3 Å². The highest BCUT2D eigenvalue weighted by Gasteiger charge is 2.17. The molecule has 0 bridgehead atoms. The molecule has 6 heteroatoms. The van der Waals surface area contributed by atoms with Gasteiger partial charge in [-0.25, -0.2) is 9.97 Å². The first-order valence-electron chi connectivity index (χ1n) is 10.8. The fraction of sp³-hybridized carbons (Fsp3) is 0.111. The van der Waals surface area contributed by atoms with Crippen molar-refractivity contribution in [2.24, 2.45) is 0 Å². The van der Waals surface area contributed by atoms with Gasteiger partial charge in [-0.1, -0.05) is 54.3 Å². The van der Waals surface area contributed by atoms with Gasteiger partial charge in [-0.2, -0.15) is 0 Å². The van der Waals surface area contributed by atoms with Crippen LogP contribution in [0.2, 0.25) is 0 Å². The van der Waals surface area contributed by atoms with Gasteiger partial charge in [0.2, 0.25) is 0 Å². The first-order chi connectivity index (χ1) is 16.0. The largest absolute Gasteiger partial charge is 0.355 e. The molecule has 0 atom stereocenters. The summed E-state index contributed by atoms with van der Waals surface area (Å²) < 4.78 is 2.13. The third kappa shape index (κ3) is 4.13. The van der Waals surface area contributed by atoms with Crippen LogP contribution < -0.4 is 10.6 Å². The Bertz CT molecular complexity index is 1460. The average molecular weight is 452 g/mol. The zero-order valence-corrected chi connectivity index (χ0v) is 19.7. The molecule has 0 radical (unpaired) electrons. The number of hydrogen-bond acceptors (Lipinski definition) is 5. The minimum absolute atomic E-state index is 0.859. The number of nitrogens with one attached hydrogen (secondary N) is 2. The van der Waals surface area contributed by atoms with Gasteiger partial charge in [-0.15, -0.1) is 0 Å². The van der Waals surface area contributed by atoms with E-state index in [4.69, 9.17) is 9.97 Å². The number of imidazole rings is 1. The summed E-state index contributed by atoms with van der Waals surface area (Å²) in [6.45, 7) is 10.4. The van der Waals surface area contributed by atoms with Crippen molar-refractivity contribution in [2.45, 2.75) is 20.8 Å². The number of para-hydroxylation sites is 1. The van der Waals surface area contributed by atoms with Crippen LogP contribution in [0.25, 0.3) is 21.9 Å². The van der Waals surface area contributed by atoms with Crippen LogP contribution in [-0.4, -0.2) is 14.4 Å². The number of fused-ring (bicyclic) bond motifs is 1. The van der Waals surface area contributed by atoms with Gasteiger partial charge < -0.3 is 10.6 Å². The van der Waals surface area contributed by atoms with Crippen LogP contribution in [0, 0.1) is 20.8 Å². The van der Waals surface area contributed by atoms with Gasteiger partial charge in [-0.3, -0.25) is 4.40 Å². The van der Waals surface area contributed by atoms with Crippen LogP contribution in [0.5, 0.6) is 0 Å². The lowest BCUT2D eigenvalue weighted by atomic mass is 10.1. The topological polar surface area (TPSA) is 54.2 Å². The fourth-order valence-corrected chi connectivity index (χ4v) is 4.96. The molecule has 2 aromatic carbocycles. The predicted molar refractivity (Wildman–Crippen MR) is 139 cm³/mol. The molecule has 0 unspecified atom stereocenters. The minimum Gasteiger partial charge on any atom is -0.355 e. The molecule has 0 spiro atoms. The summed E-state index contributed by atoms with van der Waals surface area (Å²) in [7, 11) is 0. The lowest BCUT2D eigenvalue weighted by Gasteiger charge is -2.12. The molecule has 0 aliphatic heterocycles. The zero-order valence-electron chi connectivity index (χ0n) is 18.9. The molecule has 5 rings (SSSR count). The normalized spacial score (nSPS) is 11.0. The van der Waals surface area contributed by atoms with Gasteiger partial charge in [0, 0.05) is 23.3 Å². The lowest BCUT2D eigenvalue weighted by Crippen LogP contribution is -1.99. The second kappa shape index (κ2) is 8.56. The van der Waals surface area contributed by atoms with E-state index in [2.05, 4.69) is 64.9 Å². The Labute approximate surface area is 197 Å². The molecule has 5 aromatic rings. The molecule has 3 heterocycles. The molecule has 0 aliphatic rings. The standard InChI is InChI=1S/C27H25N5S/c1-17-9-5-6-10-23(17)28-18(2)21-12-14-22(15-13-21)31-27-30-20(4)26(33-27)25-19(3)29-24-11-7-8-16-32(24)25/h5-16,28H,2H2,1,3-4H3,(H,30,31). The van der Waals surface area contributed by atoms with Crippen LogP contribution in [0.4, 0.5) is 16.5 Å². The second-order valence-corrected chi connectivity index (χ2v) is 9.03. The number of nitrogens with zero attached hydrogens (tertiary/aromatic N) is 3. The Hall–Kier alpha value is -3.90. The Morgan fingerprint density at radius 1 is 0.879 bits per heavy atom. The van der Waals surface area contributed by atoms with E-state index < -0.39 is 0 Å². The maximum absolute atomic E-state index is 4.77. The van der Waals surface area contributed by atoms with Crippen LogP contribution in [0.1, 0.15) is 22.5 Å². The van der Waals surface area contributed by atoms with Crippen molar-refractivity contribution in [1.29, 1.82) is 0 Å². The van der Waals surface area contributed by atoms with E-state index in [1.807, 2.05) is 50.4 Å². The molecule has 3 aromatic heterocycles. The number of rotatable bonds is 6. The van der Waals surface area contributed by atoms with Crippen molar-refractivity contribution in [3.8, 4) is 10.6 Å². The highest BCUT2D eigenvalue weighted by molar-refractivity contribution is 7.19. The summed E-state index contributed by atoms with van der Waals surface area (Å²) in [5.74, 6) is 0. The van der Waals surface area contributed by atoms with Crippen molar-refractivity contribution < 1.29 is 0 Å². The third-order valence-corrected chi connectivity index (χ3v) is 6.71. The van der Waals surface area contributed by atoms with E-state index in [0.717, 1.165) is 55.4 Å². The Morgan fingerprint density at radius 2 is 1.64 bits per heavy atom. The maximum atomic E-state index is 4.77. The Morgan fingerprint density at radius 3 is 2.42 bits per heavy atom. The predicted octanol–water partition coefficient (Wildman–Crippen LogP) is 7.21. The van der Waals surface area contributed by atoms with E-state index in [9.17, 15) is 0 Å². The SMILES string of the molecule is C=C(Nc1ccccc1C)c1ccc(Nc2nc(C)c(-c3c(C)nc4ccccn34)s2)cc1. The third-order valence-electron chi connectivity index (χ3n) is 5.63. The van der Waals surface area contributed by atoms with Gasteiger partial charge in [0.25, 0.3) is 0 Å². The summed E-state index contributed by atoms with van der Waals surface area (Å²) in [6, 6.07) is 22.5. The monoisotopic (exact) mass is 451 g/mol. The summed E-state index contributed by atoms with van der Waals surface area (Å²) in [6.07, 6.45) is 2.05. The maximum Gasteiger partial charge on any atom is 0.188 e. The van der Waals surface area contributed by atoms with Crippen LogP contribution in [0.15, 0.2) is 79.5 Å². The van der Waals surface area contributed by atoms with Gasteiger partial charge in [0.1, 0.15) is 5.65 Å². The summed E-state index contributed by atoms with van der Waals surface area (Å²) in [4.78, 5) is 10.6. The highest BCUT2D eigenvalue weighted by atomic mass is 32.1. The first-order valence-corrected chi connectivity index (χ1v) is 11.6. The highest BCUT2D eigenvalue weighted by Crippen LogP contribution is 2.36. The fourth-order valence-electron chi connectivity index (χ4n) is 3.88. The Balaban J connectivity index is 1.35. The minimum atomic E-state index is 0.859. The lowest BCUT2D eigenvalue weighted by molar-refractivity contribution is 1.18. The van der Waals surface area contributed by atoms with Crippen molar-refractivity contribution in [1.82, 2.24) is 14.4 Å². The van der Waals surface area contributed by atoms with Crippen LogP contribution in [0.3, 0.4) is 0 Å². The number of benzene rings is 2. The summed E-state index contributed by atoms with van der Waals surface area (Å²) in [5.41, 5.74) is 9.19. The van der Waals surface area contributed by atoms with E-state index in [1.165, 1.54) is 5.56 Å². The van der Waals surface area contributed by atoms with E-state index >= 15 is 0 Å². The van der Waals surface area contributed by atoms with Gasteiger partial charge in [0.15, 0.2) is 5.13 Å². The summed E-state index contributed by atoms with van der Waals surface area (Å²) >= 11 is 1.64. The molecule has 0 amide bonds. The molecule has 164 valence electrons. The first kappa shape index (κ1) is 21.0. The molecule has 0 saturated heterocycles. The smallest absolute Gasteiger partial charge is 0.188 e. The molecule has 33 heavy (non-hydrogen) atoms. The number of aromatic nitrogens is 3. The molecular formula is C27H25N5S. The number of hydrogen-bond donors (Lipinski definition) is 2. The number of pyridine rings is 1. The molecular weight excluding hydrogens is 426 g/mol. The van der Waals surface area contributed by atoms with E-state index in [0.29, 0.717) is 0 Å². The zero-order chi connectivity index (χ0) is 22.9. The van der Waals surface area contributed by atoms with Crippen LogP contribution >= 0.6 is 11.3 Å². The van der Waals surface area contributed by atoms with Gasteiger partial charge >= 0.3 is 0 Å². The van der Waals surface area contributed by atoms with Crippen molar-refractivity contribution in [3.63, 3.8) is 0 Å². The molecule has 5 nitrogen and oxygen atoms in total. The summed E-state index contributed by atoms with van der Waals surface area (Å²) in [5, 5.41) is 7.71. The Kier molecular flexibility index (Phi) is 5.44. The van der Waals surface area contributed by atoms with Crippen LogP contribution in [-0.2, 0) is 0 Å². The average Bonchev–Trinajstić information content (AvgIpc) is 3.33. The van der Waals surface area contributed by atoms with Crippen molar-refractivity contribution in [3.05, 3.63) is 102 Å². The second-order valence-electron chi connectivity index (χ2n) is 8.03. The number of aryl methyl sites for hydroxylation is 3. The quantitative estimate of drug-likeness (QED) is 0.286. The number of anilines is 3. The molecule has 0 aliphatic carbocycles. The van der Waals surface area contributed by atoms with Gasteiger partial charge in [0.05, 0.1) is 22.0 Å². The molecule has 0 fully saturated rings. The van der Waals surface area contributed by atoms with Crippen molar-refractivity contribution in [2.75, 3.05) is 10.6 Å². The van der Waals surface area contributed by atoms with E-state index in [-0.39, 0.29) is 0 Å². The molecule has 0 saturated carbocycles. The van der Waals surface area contributed by atoms with Crippen molar-refractivity contribution >= 4 is 39.2 Å². The van der Waals surface area contributed by atoms with Gasteiger partial charge in [-0.05, 0) is 62.2 Å². The number of thiazole rings is 1.